The molecule has 0 saturated carbocycles. The molecule has 2 saturated heterocycles. The van der Waals surface area contributed by atoms with Crippen molar-refractivity contribution in [3.05, 3.63) is 34.2 Å². The average molecular weight is 289 g/mol. The minimum absolute atomic E-state index is 0.0136. The van der Waals surface area contributed by atoms with E-state index in [1.165, 1.54) is 23.5 Å². The van der Waals surface area contributed by atoms with Crippen LogP contribution in [0.25, 0.3) is 0 Å². The molecule has 0 N–H and O–H groups in total. The van der Waals surface area contributed by atoms with Crippen LogP contribution in [0.4, 0.5) is 0 Å². The monoisotopic (exact) mass is 289 g/mol. The minimum atomic E-state index is -0.132. The fourth-order valence-corrected chi connectivity index (χ4v) is 3.84. The van der Waals surface area contributed by atoms with E-state index in [0.29, 0.717) is 5.69 Å². The SMILES string of the molecule is CN1CCCC2(CCN(C(=O)c3cccc(=O)n3C)C2)C1. The third-order valence-corrected chi connectivity index (χ3v) is 4.98. The van der Waals surface area contributed by atoms with Crippen LogP contribution in [0.2, 0.25) is 0 Å². The number of hydrogen-bond acceptors (Lipinski definition) is 3. The molecule has 21 heavy (non-hydrogen) atoms. The maximum absolute atomic E-state index is 12.7. The molecule has 3 rings (SSSR count). The van der Waals surface area contributed by atoms with Gasteiger partial charge in [-0.1, -0.05) is 6.07 Å². The number of carbonyl (C=O) groups excluding carboxylic acids is 1. The van der Waals surface area contributed by atoms with E-state index in [2.05, 4.69) is 11.9 Å². The molecule has 1 aromatic rings. The van der Waals surface area contributed by atoms with Crippen molar-refractivity contribution < 1.29 is 4.79 Å². The first-order valence-electron chi connectivity index (χ1n) is 7.65. The lowest BCUT2D eigenvalue weighted by atomic mass is 9.79. The number of rotatable bonds is 1. The molecule has 5 heteroatoms. The summed E-state index contributed by atoms with van der Waals surface area (Å²) in [5.74, 6) is -0.0136. The van der Waals surface area contributed by atoms with Crippen molar-refractivity contribution in [2.45, 2.75) is 19.3 Å². The van der Waals surface area contributed by atoms with Gasteiger partial charge in [0.1, 0.15) is 5.69 Å². The number of likely N-dealkylation sites (tertiary alicyclic amines) is 2. The van der Waals surface area contributed by atoms with Gasteiger partial charge in [-0.05, 0) is 38.9 Å². The summed E-state index contributed by atoms with van der Waals surface area (Å²) in [4.78, 5) is 28.7. The van der Waals surface area contributed by atoms with E-state index in [1.807, 2.05) is 4.90 Å². The van der Waals surface area contributed by atoms with Crippen LogP contribution in [0.3, 0.4) is 0 Å². The first-order chi connectivity index (χ1) is 10.0. The van der Waals surface area contributed by atoms with Crippen molar-refractivity contribution in [3.63, 3.8) is 0 Å². The van der Waals surface area contributed by atoms with Crippen LogP contribution < -0.4 is 5.56 Å². The molecule has 3 heterocycles. The normalized spacial score (nSPS) is 26.5. The van der Waals surface area contributed by atoms with Gasteiger partial charge >= 0.3 is 0 Å². The average Bonchev–Trinajstić information content (AvgIpc) is 2.84. The molecule has 114 valence electrons. The Hall–Kier alpha value is -1.62. The van der Waals surface area contributed by atoms with E-state index in [4.69, 9.17) is 0 Å². The Morgan fingerprint density at radius 3 is 2.71 bits per heavy atom. The van der Waals surface area contributed by atoms with Crippen LogP contribution in [-0.4, -0.2) is 53.5 Å². The van der Waals surface area contributed by atoms with Gasteiger partial charge in [-0.15, -0.1) is 0 Å². The van der Waals surface area contributed by atoms with E-state index in [-0.39, 0.29) is 16.9 Å². The summed E-state index contributed by atoms with van der Waals surface area (Å²) in [5, 5.41) is 0. The molecule has 1 amide bonds. The highest BCUT2D eigenvalue weighted by atomic mass is 16.2. The van der Waals surface area contributed by atoms with Gasteiger partial charge in [-0.25, -0.2) is 0 Å². The quantitative estimate of drug-likeness (QED) is 0.773. The Morgan fingerprint density at radius 2 is 1.95 bits per heavy atom. The van der Waals surface area contributed by atoms with Gasteiger partial charge < -0.3 is 14.4 Å². The van der Waals surface area contributed by atoms with Gasteiger partial charge in [0.15, 0.2) is 0 Å². The van der Waals surface area contributed by atoms with Crippen LogP contribution in [0.1, 0.15) is 29.8 Å². The van der Waals surface area contributed by atoms with E-state index >= 15 is 0 Å². The minimum Gasteiger partial charge on any atom is -0.337 e. The van der Waals surface area contributed by atoms with Crippen molar-refractivity contribution in [1.29, 1.82) is 0 Å². The molecule has 1 unspecified atom stereocenters. The molecule has 2 fully saturated rings. The van der Waals surface area contributed by atoms with Crippen molar-refractivity contribution in [2.75, 3.05) is 33.2 Å². The Labute approximate surface area is 125 Å². The van der Waals surface area contributed by atoms with E-state index in [1.54, 1.807) is 19.2 Å². The summed E-state index contributed by atoms with van der Waals surface area (Å²) in [6.45, 7) is 3.85. The van der Waals surface area contributed by atoms with Crippen LogP contribution in [-0.2, 0) is 7.05 Å². The van der Waals surface area contributed by atoms with Gasteiger partial charge in [0.25, 0.3) is 11.5 Å². The van der Waals surface area contributed by atoms with E-state index in [9.17, 15) is 9.59 Å². The van der Waals surface area contributed by atoms with Crippen LogP contribution in [0.5, 0.6) is 0 Å². The number of carbonyl (C=O) groups is 1. The van der Waals surface area contributed by atoms with E-state index < -0.39 is 0 Å². The zero-order valence-corrected chi connectivity index (χ0v) is 12.8. The van der Waals surface area contributed by atoms with Gasteiger partial charge in [-0.3, -0.25) is 9.59 Å². The number of pyridine rings is 1. The van der Waals surface area contributed by atoms with Gasteiger partial charge in [0, 0.05) is 38.2 Å². The fraction of sp³-hybridized carbons (Fsp3) is 0.625. The molecule has 0 aromatic carbocycles. The maximum atomic E-state index is 12.7. The molecule has 2 aliphatic rings. The number of piperidine rings is 1. The van der Waals surface area contributed by atoms with Gasteiger partial charge in [-0.2, -0.15) is 0 Å². The molecule has 1 spiro atoms. The second-order valence-corrected chi connectivity index (χ2v) is 6.63. The third kappa shape index (κ3) is 2.62. The first kappa shape index (κ1) is 14.3. The smallest absolute Gasteiger partial charge is 0.270 e. The standard InChI is InChI=1S/C16H23N3O2/c1-17-9-4-7-16(11-17)8-10-19(12-16)15(21)13-5-3-6-14(20)18(13)2/h3,5-6H,4,7-12H2,1-2H3. The molecule has 0 radical (unpaired) electrons. The van der Waals surface area contributed by atoms with Gasteiger partial charge in [0.2, 0.25) is 0 Å². The van der Waals surface area contributed by atoms with Crippen LogP contribution in [0.15, 0.2) is 23.0 Å². The first-order valence-corrected chi connectivity index (χ1v) is 7.65. The van der Waals surface area contributed by atoms with Crippen molar-refractivity contribution in [3.8, 4) is 0 Å². The number of aromatic nitrogens is 1. The van der Waals surface area contributed by atoms with Crippen LogP contribution in [0, 0.1) is 5.41 Å². The molecule has 0 aliphatic carbocycles. The lowest BCUT2D eigenvalue weighted by Crippen LogP contribution is -2.44. The molecule has 2 aliphatic heterocycles. The zero-order chi connectivity index (χ0) is 15.0. The predicted octanol–water partition coefficient (Wildman–Crippen LogP) is 0.943. The molecule has 1 atom stereocenters. The number of hydrogen-bond donors (Lipinski definition) is 0. The Kier molecular flexibility index (Phi) is 3.61. The lowest BCUT2D eigenvalue weighted by molar-refractivity contribution is 0.0712. The fourth-order valence-electron chi connectivity index (χ4n) is 3.84. The summed E-state index contributed by atoms with van der Waals surface area (Å²) < 4.78 is 1.44. The number of nitrogens with zero attached hydrogens (tertiary/aromatic N) is 3. The maximum Gasteiger partial charge on any atom is 0.270 e. The summed E-state index contributed by atoms with van der Waals surface area (Å²) >= 11 is 0. The lowest BCUT2D eigenvalue weighted by Gasteiger charge is -2.38. The number of amides is 1. The summed E-state index contributed by atoms with van der Waals surface area (Å²) in [6, 6.07) is 4.88. The van der Waals surface area contributed by atoms with Crippen molar-refractivity contribution in [1.82, 2.24) is 14.4 Å². The molecular formula is C16H23N3O2. The summed E-state index contributed by atoms with van der Waals surface area (Å²) in [5.41, 5.74) is 0.618. The molecule has 0 bridgehead atoms. The van der Waals surface area contributed by atoms with Crippen molar-refractivity contribution >= 4 is 5.91 Å². The Morgan fingerprint density at radius 1 is 1.14 bits per heavy atom. The van der Waals surface area contributed by atoms with Crippen molar-refractivity contribution in [2.24, 2.45) is 12.5 Å². The second kappa shape index (κ2) is 5.30. The Balaban J connectivity index is 1.78. The third-order valence-electron chi connectivity index (χ3n) is 4.98. The zero-order valence-electron chi connectivity index (χ0n) is 12.8. The second-order valence-electron chi connectivity index (χ2n) is 6.63. The highest BCUT2D eigenvalue weighted by Crippen LogP contribution is 2.38. The van der Waals surface area contributed by atoms with Crippen LogP contribution >= 0.6 is 0 Å². The highest BCUT2D eigenvalue weighted by molar-refractivity contribution is 5.92. The molecule has 5 nitrogen and oxygen atoms in total. The summed E-state index contributed by atoms with van der Waals surface area (Å²) in [6.07, 6.45) is 3.49. The highest BCUT2D eigenvalue weighted by Gasteiger charge is 2.42. The topological polar surface area (TPSA) is 45.6 Å². The van der Waals surface area contributed by atoms with E-state index in [0.717, 1.165) is 32.6 Å². The summed E-state index contributed by atoms with van der Waals surface area (Å²) in [7, 11) is 3.82. The largest absolute Gasteiger partial charge is 0.337 e. The molecule has 1 aromatic heterocycles. The van der Waals surface area contributed by atoms with Gasteiger partial charge in [0.05, 0.1) is 0 Å². The Bertz CT molecular complexity index is 610. The predicted molar refractivity (Wildman–Crippen MR) is 81.4 cm³/mol. The molecular weight excluding hydrogens is 266 g/mol.